The number of carbonyl (C=O) groups is 1. The minimum atomic E-state index is -0.147. The molecule has 25 heavy (non-hydrogen) atoms. The summed E-state index contributed by atoms with van der Waals surface area (Å²) in [5.74, 6) is 0.305. The zero-order valence-electron chi connectivity index (χ0n) is 16.2. The molecule has 1 aliphatic heterocycles. The van der Waals surface area contributed by atoms with Gasteiger partial charge in [-0.15, -0.1) is 0 Å². The molecule has 0 aliphatic carbocycles. The first-order valence-corrected chi connectivity index (χ1v) is 9.40. The van der Waals surface area contributed by atoms with E-state index in [-0.39, 0.29) is 30.1 Å². The van der Waals surface area contributed by atoms with Gasteiger partial charge in [-0.25, -0.2) is 0 Å². The van der Waals surface area contributed by atoms with Gasteiger partial charge in [-0.2, -0.15) is 0 Å². The Labute approximate surface area is 152 Å². The zero-order chi connectivity index (χ0) is 18.4. The molecule has 1 fully saturated rings. The van der Waals surface area contributed by atoms with E-state index >= 15 is 0 Å². The number of morpholine rings is 1. The summed E-state index contributed by atoms with van der Waals surface area (Å²) in [5.41, 5.74) is 2.04. The number of nitrogens with zero attached hydrogens (tertiary/aromatic N) is 1. The molecule has 2 rings (SSSR count). The number of rotatable bonds is 7. The van der Waals surface area contributed by atoms with E-state index < -0.39 is 0 Å². The fourth-order valence-electron chi connectivity index (χ4n) is 3.58. The van der Waals surface area contributed by atoms with Crippen LogP contribution in [0.2, 0.25) is 0 Å². The van der Waals surface area contributed by atoms with Gasteiger partial charge in [-0.1, -0.05) is 32.9 Å². The fourth-order valence-corrected chi connectivity index (χ4v) is 3.58. The standard InChI is InChI=1S/C20H33N3O2/c1-6-21-11-17-8-7-9-18(10-17)22-20(24)19(14(2)3)23-12-15(4)25-16(5)13-23/h7-10,14-16,19,21H,6,11-13H2,1-5H3,(H,22,24). The van der Waals surface area contributed by atoms with Gasteiger partial charge in [-0.05, 0) is 44.0 Å². The summed E-state index contributed by atoms with van der Waals surface area (Å²) in [6, 6.07) is 7.92. The van der Waals surface area contributed by atoms with Gasteiger partial charge in [0.2, 0.25) is 5.91 Å². The third kappa shape index (κ3) is 5.80. The van der Waals surface area contributed by atoms with E-state index in [2.05, 4.69) is 56.2 Å². The Morgan fingerprint density at radius 1 is 1.28 bits per heavy atom. The lowest BCUT2D eigenvalue weighted by Crippen LogP contribution is -2.55. The SMILES string of the molecule is CCNCc1cccc(NC(=O)C(C(C)C)N2CC(C)OC(C)C2)c1. The molecule has 1 aromatic rings. The highest BCUT2D eigenvalue weighted by Crippen LogP contribution is 2.20. The molecule has 1 saturated heterocycles. The molecule has 1 heterocycles. The molecule has 5 nitrogen and oxygen atoms in total. The van der Waals surface area contributed by atoms with Gasteiger partial charge in [0.15, 0.2) is 0 Å². The lowest BCUT2D eigenvalue weighted by molar-refractivity contribution is -0.130. The van der Waals surface area contributed by atoms with Gasteiger partial charge >= 0.3 is 0 Å². The predicted octanol–water partition coefficient (Wildman–Crippen LogP) is 2.87. The second kappa shape index (κ2) is 9.32. The maximum Gasteiger partial charge on any atom is 0.241 e. The summed E-state index contributed by atoms with van der Waals surface area (Å²) in [5, 5.41) is 6.43. The molecule has 0 radical (unpaired) electrons. The Balaban J connectivity index is 2.07. The molecule has 3 atom stereocenters. The van der Waals surface area contributed by atoms with Crippen molar-refractivity contribution in [3.8, 4) is 0 Å². The van der Waals surface area contributed by atoms with Crippen molar-refractivity contribution in [2.75, 3.05) is 25.0 Å². The number of nitrogens with one attached hydrogen (secondary N) is 2. The van der Waals surface area contributed by atoms with E-state index in [1.165, 1.54) is 5.56 Å². The highest BCUT2D eigenvalue weighted by atomic mass is 16.5. The molecule has 0 saturated carbocycles. The third-order valence-corrected chi connectivity index (χ3v) is 4.51. The molecule has 5 heteroatoms. The smallest absolute Gasteiger partial charge is 0.241 e. The minimum absolute atomic E-state index is 0.0666. The summed E-state index contributed by atoms with van der Waals surface area (Å²) in [4.78, 5) is 15.2. The first-order chi connectivity index (χ1) is 11.9. The molecule has 1 aromatic carbocycles. The maximum absolute atomic E-state index is 13.0. The quantitative estimate of drug-likeness (QED) is 0.796. The Morgan fingerprint density at radius 2 is 1.96 bits per heavy atom. The number of anilines is 1. The topological polar surface area (TPSA) is 53.6 Å². The van der Waals surface area contributed by atoms with Crippen LogP contribution in [0.5, 0.6) is 0 Å². The molecule has 2 N–H and O–H groups in total. The van der Waals surface area contributed by atoms with Gasteiger partial charge in [0.1, 0.15) is 0 Å². The second-order valence-corrected chi connectivity index (χ2v) is 7.37. The van der Waals surface area contributed by atoms with Crippen molar-refractivity contribution in [3.05, 3.63) is 29.8 Å². The average Bonchev–Trinajstić information content (AvgIpc) is 2.52. The number of amides is 1. The average molecular weight is 348 g/mol. The first kappa shape index (κ1) is 19.9. The van der Waals surface area contributed by atoms with Crippen LogP contribution < -0.4 is 10.6 Å². The molecule has 140 valence electrons. The van der Waals surface area contributed by atoms with E-state index in [1.807, 2.05) is 18.2 Å². The van der Waals surface area contributed by atoms with Crippen molar-refractivity contribution in [1.82, 2.24) is 10.2 Å². The largest absolute Gasteiger partial charge is 0.373 e. The van der Waals surface area contributed by atoms with Crippen molar-refractivity contribution in [2.24, 2.45) is 5.92 Å². The van der Waals surface area contributed by atoms with E-state index in [9.17, 15) is 4.79 Å². The normalized spacial score (nSPS) is 22.8. The third-order valence-electron chi connectivity index (χ3n) is 4.51. The molecule has 1 aliphatic rings. The lowest BCUT2D eigenvalue weighted by Gasteiger charge is -2.41. The van der Waals surface area contributed by atoms with Gasteiger partial charge in [0, 0.05) is 25.3 Å². The number of carbonyl (C=O) groups excluding carboxylic acids is 1. The lowest BCUT2D eigenvalue weighted by atomic mass is 9.99. The number of hydrogen-bond donors (Lipinski definition) is 2. The van der Waals surface area contributed by atoms with E-state index in [0.717, 1.165) is 31.9 Å². The molecular weight excluding hydrogens is 314 g/mol. The van der Waals surface area contributed by atoms with Crippen molar-refractivity contribution in [1.29, 1.82) is 0 Å². The van der Waals surface area contributed by atoms with E-state index in [4.69, 9.17) is 4.74 Å². The van der Waals surface area contributed by atoms with Crippen LogP contribution in [0.1, 0.15) is 40.2 Å². The minimum Gasteiger partial charge on any atom is -0.373 e. The molecule has 3 unspecified atom stereocenters. The molecule has 0 bridgehead atoms. The summed E-state index contributed by atoms with van der Waals surface area (Å²) in [7, 11) is 0. The van der Waals surface area contributed by atoms with Crippen molar-refractivity contribution in [3.63, 3.8) is 0 Å². The van der Waals surface area contributed by atoms with E-state index in [1.54, 1.807) is 0 Å². The Morgan fingerprint density at radius 3 is 2.56 bits per heavy atom. The summed E-state index contributed by atoms with van der Waals surface area (Å²) in [6.45, 7) is 13.8. The first-order valence-electron chi connectivity index (χ1n) is 9.40. The van der Waals surface area contributed by atoms with Crippen molar-refractivity contribution >= 4 is 11.6 Å². The molecular formula is C20H33N3O2. The Bertz CT molecular complexity index is 552. The van der Waals surface area contributed by atoms with Crippen LogP contribution in [0.3, 0.4) is 0 Å². The van der Waals surface area contributed by atoms with Crippen LogP contribution in [-0.4, -0.2) is 48.7 Å². The molecule has 1 amide bonds. The highest BCUT2D eigenvalue weighted by Gasteiger charge is 2.34. The monoisotopic (exact) mass is 347 g/mol. The fraction of sp³-hybridized carbons (Fsp3) is 0.650. The highest BCUT2D eigenvalue weighted by molar-refractivity contribution is 5.95. The van der Waals surface area contributed by atoms with Crippen LogP contribution in [0.4, 0.5) is 5.69 Å². The second-order valence-electron chi connectivity index (χ2n) is 7.37. The number of benzene rings is 1. The van der Waals surface area contributed by atoms with Gasteiger partial charge in [0.25, 0.3) is 0 Å². The van der Waals surface area contributed by atoms with Crippen LogP contribution in [0.25, 0.3) is 0 Å². The zero-order valence-corrected chi connectivity index (χ0v) is 16.2. The summed E-state index contributed by atoms with van der Waals surface area (Å²) >= 11 is 0. The van der Waals surface area contributed by atoms with Crippen molar-refractivity contribution < 1.29 is 9.53 Å². The van der Waals surface area contributed by atoms with Crippen molar-refractivity contribution in [2.45, 2.75) is 59.4 Å². The van der Waals surface area contributed by atoms with Gasteiger partial charge in [-0.3, -0.25) is 9.69 Å². The predicted molar refractivity (Wildman–Crippen MR) is 103 cm³/mol. The number of ether oxygens (including phenoxy) is 1. The summed E-state index contributed by atoms with van der Waals surface area (Å²) < 4.78 is 5.82. The Kier molecular flexibility index (Phi) is 7.41. The van der Waals surface area contributed by atoms with Crippen LogP contribution >= 0.6 is 0 Å². The summed E-state index contributed by atoms with van der Waals surface area (Å²) in [6.07, 6.45) is 0.308. The Hall–Kier alpha value is -1.43. The van der Waals surface area contributed by atoms with E-state index in [0.29, 0.717) is 0 Å². The van der Waals surface area contributed by atoms with Crippen LogP contribution in [0.15, 0.2) is 24.3 Å². The van der Waals surface area contributed by atoms with Crippen LogP contribution in [0, 0.1) is 5.92 Å². The molecule has 0 spiro atoms. The van der Waals surface area contributed by atoms with Gasteiger partial charge in [0.05, 0.1) is 18.2 Å². The maximum atomic E-state index is 13.0. The molecule has 0 aromatic heterocycles. The number of hydrogen-bond acceptors (Lipinski definition) is 4. The van der Waals surface area contributed by atoms with Crippen LogP contribution in [-0.2, 0) is 16.1 Å². The van der Waals surface area contributed by atoms with Gasteiger partial charge < -0.3 is 15.4 Å².